The lowest BCUT2D eigenvalue weighted by Gasteiger charge is -2.06. The monoisotopic (exact) mass is 206 g/mol. The number of pyridine rings is 1. The van der Waals surface area contributed by atoms with Crippen molar-refractivity contribution in [3.63, 3.8) is 0 Å². The van der Waals surface area contributed by atoms with Crippen molar-refractivity contribution in [2.75, 3.05) is 0 Å². The van der Waals surface area contributed by atoms with Crippen LogP contribution in [0.5, 0.6) is 0 Å². The van der Waals surface area contributed by atoms with Crippen molar-refractivity contribution in [3.8, 4) is 6.07 Å². The Morgan fingerprint density at radius 2 is 2.20 bits per heavy atom. The van der Waals surface area contributed by atoms with Crippen LogP contribution >= 0.6 is 0 Å². The minimum absolute atomic E-state index is 0.00328. The molecule has 5 nitrogen and oxygen atoms in total. The zero-order valence-corrected chi connectivity index (χ0v) is 8.37. The molecule has 2 N–H and O–H groups in total. The summed E-state index contributed by atoms with van der Waals surface area (Å²) in [6.45, 7) is 3.64. The first kappa shape index (κ1) is 11.0. The topological polar surface area (TPSA) is 93.9 Å². The molecule has 0 bridgehead atoms. The quantitative estimate of drug-likeness (QED) is 0.756. The molecule has 0 saturated heterocycles. The predicted molar refractivity (Wildman–Crippen MR) is 52.8 cm³/mol. The van der Waals surface area contributed by atoms with Gasteiger partial charge in [0.25, 0.3) is 5.56 Å². The minimum atomic E-state index is -1.26. The molecule has 0 atom stereocenters. The van der Waals surface area contributed by atoms with Crippen LogP contribution in [-0.4, -0.2) is 16.1 Å². The molecule has 0 aliphatic carbocycles. The summed E-state index contributed by atoms with van der Waals surface area (Å²) in [5.74, 6) is -1.26. The molecule has 0 aliphatic heterocycles. The number of carboxylic acid groups (broad SMARTS) is 1. The van der Waals surface area contributed by atoms with E-state index in [9.17, 15) is 9.59 Å². The summed E-state index contributed by atoms with van der Waals surface area (Å²) in [4.78, 5) is 24.6. The van der Waals surface area contributed by atoms with E-state index in [4.69, 9.17) is 10.4 Å². The fourth-order valence-corrected chi connectivity index (χ4v) is 1.17. The molecule has 1 heterocycles. The van der Waals surface area contributed by atoms with Crippen molar-refractivity contribution in [1.29, 1.82) is 5.26 Å². The Kier molecular flexibility index (Phi) is 2.90. The van der Waals surface area contributed by atoms with E-state index in [0.717, 1.165) is 0 Å². The maximum atomic E-state index is 11.4. The fraction of sp³-hybridized carbons (Fsp3) is 0.300. The maximum Gasteiger partial charge on any atom is 0.337 e. The van der Waals surface area contributed by atoms with Crippen molar-refractivity contribution in [1.82, 2.24) is 4.98 Å². The Hall–Kier alpha value is -2.09. The van der Waals surface area contributed by atoms with Crippen LogP contribution in [0.25, 0.3) is 0 Å². The molecule has 0 spiro atoms. The summed E-state index contributed by atoms with van der Waals surface area (Å²) in [6, 6.07) is 2.91. The lowest BCUT2D eigenvalue weighted by atomic mass is 10.0. The zero-order valence-electron chi connectivity index (χ0n) is 8.37. The molecule has 0 unspecified atom stereocenters. The Morgan fingerprint density at radius 3 is 2.60 bits per heavy atom. The first-order valence-corrected chi connectivity index (χ1v) is 4.38. The maximum absolute atomic E-state index is 11.4. The van der Waals surface area contributed by atoms with Crippen LogP contribution < -0.4 is 5.56 Å². The van der Waals surface area contributed by atoms with Crippen molar-refractivity contribution in [2.24, 2.45) is 0 Å². The van der Waals surface area contributed by atoms with Gasteiger partial charge in [-0.15, -0.1) is 0 Å². The van der Waals surface area contributed by atoms with Gasteiger partial charge in [-0.3, -0.25) is 4.79 Å². The number of hydrogen-bond donors (Lipinski definition) is 2. The number of nitriles is 1. The number of aromatic amines is 1. The van der Waals surface area contributed by atoms with E-state index in [2.05, 4.69) is 4.98 Å². The molecular weight excluding hydrogens is 196 g/mol. The highest BCUT2D eigenvalue weighted by Gasteiger charge is 2.16. The average Bonchev–Trinajstić information content (AvgIpc) is 2.16. The lowest BCUT2D eigenvalue weighted by Crippen LogP contribution is -2.18. The number of hydrogen-bond acceptors (Lipinski definition) is 3. The molecule has 15 heavy (non-hydrogen) atoms. The second-order valence-electron chi connectivity index (χ2n) is 3.41. The Bertz CT molecular complexity index is 494. The highest BCUT2D eigenvalue weighted by atomic mass is 16.4. The van der Waals surface area contributed by atoms with Crippen LogP contribution in [-0.2, 0) is 0 Å². The van der Waals surface area contributed by atoms with Gasteiger partial charge in [-0.25, -0.2) is 4.79 Å². The Balaban J connectivity index is 3.55. The number of H-pyrrole nitrogens is 1. The molecule has 0 aliphatic rings. The number of aromatic nitrogens is 1. The molecule has 5 heteroatoms. The summed E-state index contributed by atoms with van der Waals surface area (Å²) in [5.41, 5.74) is -0.741. The molecule has 78 valence electrons. The van der Waals surface area contributed by atoms with Crippen LogP contribution in [0.3, 0.4) is 0 Å². The summed E-state index contributed by atoms with van der Waals surface area (Å²) >= 11 is 0. The second-order valence-corrected chi connectivity index (χ2v) is 3.41. The largest absolute Gasteiger partial charge is 0.478 e. The van der Waals surface area contributed by atoms with Gasteiger partial charge in [-0.1, -0.05) is 13.8 Å². The third kappa shape index (κ3) is 2.05. The molecule has 1 aromatic rings. The van der Waals surface area contributed by atoms with Gasteiger partial charge in [-0.05, 0) is 12.0 Å². The van der Waals surface area contributed by atoms with Gasteiger partial charge in [0.2, 0.25) is 0 Å². The number of aromatic carboxylic acids is 1. The third-order valence-corrected chi connectivity index (χ3v) is 2.02. The lowest BCUT2D eigenvalue weighted by molar-refractivity contribution is 0.0696. The van der Waals surface area contributed by atoms with Crippen LogP contribution in [0.15, 0.2) is 10.9 Å². The van der Waals surface area contributed by atoms with E-state index in [0.29, 0.717) is 5.69 Å². The third-order valence-electron chi connectivity index (χ3n) is 2.02. The summed E-state index contributed by atoms with van der Waals surface area (Å²) < 4.78 is 0. The summed E-state index contributed by atoms with van der Waals surface area (Å²) in [6.07, 6.45) is 0. The SMILES string of the molecule is CC(C)c1cc(C(=O)O)c(C#N)c(=O)[nH]1. The van der Waals surface area contributed by atoms with Crippen LogP contribution in [0.2, 0.25) is 0 Å². The normalized spacial score (nSPS) is 10.0. The van der Waals surface area contributed by atoms with E-state index < -0.39 is 11.5 Å². The number of nitrogens with one attached hydrogen (secondary N) is 1. The van der Waals surface area contributed by atoms with Gasteiger partial charge in [0.05, 0.1) is 5.56 Å². The highest BCUT2D eigenvalue weighted by molar-refractivity contribution is 5.90. The van der Waals surface area contributed by atoms with Crippen LogP contribution in [0, 0.1) is 11.3 Å². The summed E-state index contributed by atoms with van der Waals surface area (Å²) in [7, 11) is 0. The van der Waals surface area contributed by atoms with E-state index >= 15 is 0 Å². The molecule has 1 aromatic heterocycles. The first-order chi connectivity index (χ1) is 6.97. The van der Waals surface area contributed by atoms with E-state index in [1.54, 1.807) is 6.07 Å². The molecule has 1 rings (SSSR count). The smallest absolute Gasteiger partial charge is 0.337 e. The standard InChI is InChI=1S/C10H10N2O3/c1-5(2)8-3-6(10(14)15)7(4-11)9(13)12-8/h3,5H,1-2H3,(H,12,13)(H,14,15). The van der Waals surface area contributed by atoms with Gasteiger partial charge >= 0.3 is 5.97 Å². The predicted octanol–water partition coefficient (Wildman–Crippen LogP) is 1.07. The molecule has 0 radical (unpaired) electrons. The van der Waals surface area contributed by atoms with Gasteiger partial charge in [0.15, 0.2) is 0 Å². The summed E-state index contributed by atoms with van der Waals surface area (Å²) in [5, 5.41) is 17.5. The molecule has 0 amide bonds. The van der Waals surface area contributed by atoms with Gasteiger partial charge < -0.3 is 10.1 Å². The Morgan fingerprint density at radius 1 is 1.60 bits per heavy atom. The Labute approximate surface area is 86.0 Å². The minimum Gasteiger partial charge on any atom is -0.478 e. The van der Waals surface area contributed by atoms with Crippen molar-refractivity contribution in [3.05, 3.63) is 33.2 Å². The van der Waals surface area contributed by atoms with Crippen LogP contribution in [0.1, 0.15) is 41.4 Å². The highest BCUT2D eigenvalue weighted by Crippen LogP contribution is 2.13. The van der Waals surface area contributed by atoms with Gasteiger partial charge in [0.1, 0.15) is 11.6 Å². The zero-order chi connectivity index (χ0) is 11.6. The number of carboxylic acids is 1. The average molecular weight is 206 g/mol. The van der Waals surface area contributed by atoms with Crippen molar-refractivity contribution in [2.45, 2.75) is 19.8 Å². The van der Waals surface area contributed by atoms with Gasteiger partial charge in [-0.2, -0.15) is 5.26 Å². The van der Waals surface area contributed by atoms with E-state index in [-0.39, 0.29) is 17.0 Å². The second kappa shape index (κ2) is 3.96. The fourth-order valence-electron chi connectivity index (χ4n) is 1.17. The number of nitrogens with zero attached hydrogens (tertiary/aromatic N) is 1. The first-order valence-electron chi connectivity index (χ1n) is 4.38. The van der Waals surface area contributed by atoms with Crippen molar-refractivity contribution >= 4 is 5.97 Å². The number of rotatable bonds is 2. The van der Waals surface area contributed by atoms with Crippen LogP contribution in [0.4, 0.5) is 0 Å². The number of carbonyl (C=O) groups is 1. The molecular formula is C10H10N2O3. The molecule has 0 saturated carbocycles. The molecule has 0 aromatic carbocycles. The molecule has 0 fully saturated rings. The van der Waals surface area contributed by atoms with E-state index in [1.165, 1.54) is 6.07 Å². The van der Waals surface area contributed by atoms with E-state index in [1.807, 2.05) is 13.8 Å². The van der Waals surface area contributed by atoms with Crippen molar-refractivity contribution < 1.29 is 9.90 Å². The van der Waals surface area contributed by atoms with Gasteiger partial charge in [0, 0.05) is 5.69 Å².